The molecule has 2 atom stereocenters. The SMILES string of the molecule is O=C(NCC(O)c1ccccc1)C1CCCN1C(=O)c1cc(Cl)ccc1Cl. The molecular formula is C20H20Cl2N2O3. The Balaban J connectivity index is 1.66. The summed E-state index contributed by atoms with van der Waals surface area (Å²) in [5, 5.41) is 13.7. The topological polar surface area (TPSA) is 69.6 Å². The van der Waals surface area contributed by atoms with E-state index in [2.05, 4.69) is 5.32 Å². The van der Waals surface area contributed by atoms with Gasteiger partial charge in [-0.2, -0.15) is 0 Å². The minimum absolute atomic E-state index is 0.0826. The van der Waals surface area contributed by atoms with E-state index in [1.807, 2.05) is 18.2 Å². The van der Waals surface area contributed by atoms with Gasteiger partial charge in [0.1, 0.15) is 6.04 Å². The third-order valence-corrected chi connectivity index (χ3v) is 5.19. The van der Waals surface area contributed by atoms with E-state index in [1.54, 1.807) is 24.3 Å². The van der Waals surface area contributed by atoms with Gasteiger partial charge in [0.25, 0.3) is 5.91 Å². The number of carbonyl (C=O) groups is 2. The lowest BCUT2D eigenvalue weighted by atomic mass is 10.1. The maximum absolute atomic E-state index is 12.8. The second-order valence-electron chi connectivity index (χ2n) is 6.45. The molecule has 1 fully saturated rings. The minimum Gasteiger partial charge on any atom is -0.387 e. The second-order valence-corrected chi connectivity index (χ2v) is 7.30. The molecule has 0 radical (unpaired) electrons. The molecule has 27 heavy (non-hydrogen) atoms. The zero-order valence-corrected chi connectivity index (χ0v) is 16.1. The van der Waals surface area contributed by atoms with Crippen LogP contribution in [0.1, 0.15) is 34.9 Å². The first-order chi connectivity index (χ1) is 13.0. The third-order valence-electron chi connectivity index (χ3n) is 4.63. The van der Waals surface area contributed by atoms with Crippen molar-refractivity contribution in [3.05, 3.63) is 69.7 Å². The highest BCUT2D eigenvalue weighted by Gasteiger charge is 2.35. The summed E-state index contributed by atoms with van der Waals surface area (Å²) in [6.45, 7) is 0.556. The lowest BCUT2D eigenvalue weighted by Crippen LogP contribution is -2.46. The summed E-state index contributed by atoms with van der Waals surface area (Å²) in [4.78, 5) is 27.0. The van der Waals surface area contributed by atoms with Gasteiger partial charge in [-0.1, -0.05) is 53.5 Å². The van der Waals surface area contributed by atoms with Crippen molar-refractivity contribution in [2.24, 2.45) is 0 Å². The number of likely N-dealkylation sites (tertiary alicyclic amines) is 1. The van der Waals surface area contributed by atoms with E-state index >= 15 is 0 Å². The summed E-state index contributed by atoms with van der Waals surface area (Å²) in [5.74, 6) is -0.599. The van der Waals surface area contributed by atoms with Crippen LogP contribution in [0.3, 0.4) is 0 Å². The van der Waals surface area contributed by atoms with Crippen molar-refractivity contribution in [3.8, 4) is 0 Å². The Morgan fingerprint density at radius 2 is 1.93 bits per heavy atom. The van der Waals surface area contributed by atoms with Crippen LogP contribution < -0.4 is 5.32 Å². The van der Waals surface area contributed by atoms with Gasteiger partial charge in [0.15, 0.2) is 0 Å². The third kappa shape index (κ3) is 4.61. The maximum Gasteiger partial charge on any atom is 0.256 e. The number of hydrogen-bond donors (Lipinski definition) is 2. The highest BCUT2D eigenvalue weighted by Crippen LogP contribution is 2.26. The van der Waals surface area contributed by atoms with Crippen molar-refractivity contribution < 1.29 is 14.7 Å². The van der Waals surface area contributed by atoms with E-state index < -0.39 is 12.1 Å². The van der Waals surface area contributed by atoms with Crippen molar-refractivity contribution >= 4 is 35.0 Å². The molecule has 2 unspecified atom stereocenters. The van der Waals surface area contributed by atoms with E-state index in [0.29, 0.717) is 23.0 Å². The first-order valence-electron chi connectivity index (χ1n) is 8.74. The number of amides is 2. The zero-order valence-electron chi connectivity index (χ0n) is 14.6. The molecule has 0 aromatic heterocycles. The highest BCUT2D eigenvalue weighted by molar-refractivity contribution is 6.35. The summed E-state index contributed by atoms with van der Waals surface area (Å²) in [7, 11) is 0. The van der Waals surface area contributed by atoms with Crippen molar-refractivity contribution in [3.63, 3.8) is 0 Å². The molecule has 7 heteroatoms. The van der Waals surface area contributed by atoms with Crippen molar-refractivity contribution in [1.29, 1.82) is 0 Å². The molecule has 5 nitrogen and oxygen atoms in total. The lowest BCUT2D eigenvalue weighted by molar-refractivity contribution is -0.125. The molecule has 0 aliphatic carbocycles. The first kappa shape index (κ1) is 19.7. The number of aliphatic hydroxyl groups is 1. The van der Waals surface area contributed by atoms with Crippen LogP contribution in [0.2, 0.25) is 10.0 Å². The summed E-state index contributed by atoms with van der Waals surface area (Å²) in [5.41, 5.74) is 1.01. The van der Waals surface area contributed by atoms with E-state index in [4.69, 9.17) is 23.2 Å². The summed E-state index contributed by atoms with van der Waals surface area (Å²) < 4.78 is 0. The van der Waals surface area contributed by atoms with Crippen molar-refractivity contribution in [2.75, 3.05) is 13.1 Å². The summed E-state index contributed by atoms with van der Waals surface area (Å²) >= 11 is 12.1. The predicted molar refractivity (Wildman–Crippen MR) is 105 cm³/mol. The van der Waals surface area contributed by atoms with Crippen LogP contribution in [-0.2, 0) is 4.79 Å². The van der Waals surface area contributed by atoms with Crippen LogP contribution in [0.25, 0.3) is 0 Å². The van der Waals surface area contributed by atoms with Gasteiger partial charge < -0.3 is 15.3 Å². The van der Waals surface area contributed by atoms with Gasteiger partial charge in [-0.25, -0.2) is 0 Å². The van der Waals surface area contributed by atoms with Crippen LogP contribution in [0, 0.1) is 0 Å². The minimum atomic E-state index is -0.803. The molecule has 3 rings (SSSR count). The molecule has 0 spiro atoms. The fraction of sp³-hybridized carbons (Fsp3) is 0.300. The first-order valence-corrected chi connectivity index (χ1v) is 9.49. The summed E-state index contributed by atoms with van der Waals surface area (Å²) in [6.07, 6.45) is 0.489. The van der Waals surface area contributed by atoms with Crippen molar-refractivity contribution in [2.45, 2.75) is 25.0 Å². The average molecular weight is 407 g/mol. The Morgan fingerprint density at radius 1 is 1.19 bits per heavy atom. The molecule has 2 amide bonds. The number of carbonyl (C=O) groups excluding carboxylic acids is 2. The van der Waals surface area contributed by atoms with Crippen LogP contribution in [0.15, 0.2) is 48.5 Å². The monoisotopic (exact) mass is 406 g/mol. The zero-order chi connectivity index (χ0) is 19.4. The Kier molecular flexibility index (Phi) is 6.37. The quantitative estimate of drug-likeness (QED) is 0.798. The van der Waals surface area contributed by atoms with Gasteiger partial charge in [0, 0.05) is 18.1 Å². The van der Waals surface area contributed by atoms with E-state index in [-0.39, 0.29) is 23.9 Å². The van der Waals surface area contributed by atoms with Gasteiger partial charge in [-0.05, 0) is 36.6 Å². The van der Waals surface area contributed by atoms with E-state index in [9.17, 15) is 14.7 Å². The lowest BCUT2D eigenvalue weighted by Gasteiger charge is -2.25. The van der Waals surface area contributed by atoms with Crippen LogP contribution in [0.4, 0.5) is 0 Å². The molecule has 0 bridgehead atoms. The Bertz CT molecular complexity index is 829. The molecule has 2 N–H and O–H groups in total. The number of nitrogens with one attached hydrogen (secondary N) is 1. The maximum atomic E-state index is 12.8. The molecule has 0 saturated carbocycles. The standard InChI is InChI=1S/C20H20Cl2N2O3/c21-14-8-9-16(22)15(11-14)20(27)24-10-4-7-17(24)19(26)23-12-18(25)13-5-2-1-3-6-13/h1-3,5-6,8-9,11,17-18,25H,4,7,10,12H2,(H,23,26). The molecule has 1 heterocycles. The van der Waals surface area contributed by atoms with Crippen LogP contribution in [-0.4, -0.2) is 41.0 Å². The van der Waals surface area contributed by atoms with E-state index in [1.165, 1.54) is 11.0 Å². The number of rotatable bonds is 5. The molecule has 1 aliphatic heterocycles. The molecular weight excluding hydrogens is 387 g/mol. The summed E-state index contributed by atoms with van der Waals surface area (Å²) in [6, 6.07) is 13.2. The largest absolute Gasteiger partial charge is 0.387 e. The van der Waals surface area contributed by atoms with Crippen LogP contribution in [0.5, 0.6) is 0 Å². The smallest absolute Gasteiger partial charge is 0.256 e. The van der Waals surface area contributed by atoms with Gasteiger partial charge in [-0.3, -0.25) is 9.59 Å². The Labute approximate surface area is 167 Å². The van der Waals surface area contributed by atoms with E-state index in [0.717, 1.165) is 12.0 Å². The number of halogens is 2. The van der Waals surface area contributed by atoms with Gasteiger partial charge in [-0.15, -0.1) is 0 Å². The van der Waals surface area contributed by atoms with Gasteiger partial charge in [0.05, 0.1) is 16.7 Å². The number of hydrogen-bond acceptors (Lipinski definition) is 3. The van der Waals surface area contributed by atoms with Crippen LogP contribution >= 0.6 is 23.2 Å². The number of nitrogens with zero attached hydrogens (tertiary/aromatic N) is 1. The van der Waals surface area contributed by atoms with Gasteiger partial charge in [0.2, 0.25) is 5.91 Å². The molecule has 1 saturated heterocycles. The molecule has 142 valence electrons. The number of benzene rings is 2. The normalized spacial score (nSPS) is 17.6. The fourth-order valence-corrected chi connectivity index (χ4v) is 3.58. The predicted octanol–water partition coefficient (Wildman–Crippen LogP) is 3.45. The average Bonchev–Trinajstić information content (AvgIpc) is 3.17. The highest BCUT2D eigenvalue weighted by atomic mass is 35.5. The Hall–Kier alpha value is -2.08. The second kappa shape index (κ2) is 8.74. The Morgan fingerprint density at radius 3 is 2.67 bits per heavy atom. The molecule has 2 aromatic rings. The number of aliphatic hydroxyl groups excluding tert-OH is 1. The van der Waals surface area contributed by atoms with Crippen molar-refractivity contribution in [1.82, 2.24) is 10.2 Å². The van der Waals surface area contributed by atoms with Gasteiger partial charge >= 0.3 is 0 Å². The molecule has 1 aliphatic rings. The molecule has 2 aromatic carbocycles. The fourth-order valence-electron chi connectivity index (χ4n) is 3.21.